The van der Waals surface area contributed by atoms with Crippen molar-refractivity contribution in [3.05, 3.63) is 144 Å². The Morgan fingerprint density at radius 1 is 0.303 bits per heavy atom. The van der Waals surface area contributed by atoms with Crippen LogP contribution < -0.4 is 22.9 Å². The maximum atomic E-state index is 5.35. The van der Waals surface area contributed by atoms with Gasteiger partial charge in [-0.2, -0.15) is 0 Å². The smallest absolute Gasteiger partial charge is 0.326 e. The van der Waals surface area contributed by atoms with Crippen LogP contribution in [0.3, 0.4) is 0 Å². The fourth-order valence-corrected chi connectivity index (χ4v) is 2.46. The molecule has 0 saturated carbocycles. The van der Waals surface area contributed by atoms with Crippen LogP contribution in [0, 0.1) is 0 Å². The molecule has 0 aliphatic heterocycles. The number of benzene rings is 4. The third-order valence-electron chi connectivity index (χ3n) is 4.31. The van der Waals surface area contributed by atoms with Crippen LogP contribution in [0.15, 0.2) is 121 Å². The molecule has 0 aliphatic rings. The van der Waals surface area contributed by atoms with E-state index < -0.39 is 0 Å². The van der Waals surface area contributed by atoms with Gasteiger partial charge in [0.1, 0.15) is 0 Å². The third-order valence-corrected chi connectivity index (χ3v) is 4.31. The monoisotopic (exact) mass is 491 g/mol. The third kappa shape index (κ3) is 15.6. The van der Waals surface area contributed by atoms with Crippen molar-refractivity contribution < 1.29 is 17.1 Å². The second-order valence-electron chi connectivity index (χ2n) is 6.76. The molecule has 0 aliphatic carbocycles. The van der Waals surface area contributed by atoms with Gasteiger partial charge in [0, 0.05) is 26.2 Å². The van der Waals surface area contributed by atoms with Crippen molar-refractivity contribution in [1.82, 2.24) is 0 Å². The van der Waals surface area contributed by atoms with Crippen molar-refractivity contribution >= 4 is 0 Å². The summed E-state index contributed by atoms with van der Waals surface area (Å²) in [6, 6.07) is 40.0. The fourth-order valence-electron chi connectivity index (χ4n) is 2.46. The van der Waals surface area contributed by atoms with Crippen LogP contribution in [0.1, 0.15) is 22.3 Å². The minimum absolute atomic E-state index is 0. The van der Waals surface area contributed by atoms with E-state index in [0.717, 1.165) is 0 Å². The zero-order valence-electron chi connectivity index (χ0n) is 19.0. The van der Waals surface area contributed by atoms with Gasteiger partial charge in [-0.1, -0.05) is 121 Å². The molecule has 1 radical (unpaired) electrons. The SMILES string of the molecule is NCc1ccccc1.NCc1ccccc1.NCc1ccccc1.NCc1ccccc1.[Cu+2]. The molecule has 4 aromatic carbocycles. The van der Waals surface area contributed by atoms with E-state index in [1.165, 1.54) is 22.3 Å². The number of hydrogen-bond donors (Lipinski definition) is 4. The van der Waals surface area contributed by atoms with E-state index in [2.05, 4.69) is 0 Å². The van der Waals surface area contributed by atoms with Crippen LogP contribution in [0.2, 0.25) is 0 Å². The molecular weight excluding hydrogens is 456 g/mol. The molecule has 4 aromatic rings. The molecule has 33 heavy (non-hydrogen) atoms. The van der Waals surface area contributed by atoms with Crippen molar-refractivity contribution in [2.45, 2.75) is 26.2 Å². The average molecular weight is 492 g/mol. The summed E-state index contributed by atoms with van der Waals surface area (Å²) in [5, 5.41) is 0. The Hall–Kier alpha value is -2.76. The largest absolute Gasteiger partial charge is 2.00 e. The molecule has 0 aromatic heterocycles. The summed E-state index contributed by atoms with van der Waals surface area (Å²) < 4.78 is 0. The summed E-state index contributed by atoms with van der Waals surface area (Å²) in [6.45, 7) is 2.56. The Labute approximate surface area is 209 Å². The van der Waals surface area contributed by atoms with Crippen LogP contribution in [0.4, 0.5) is 0 Å². The standard InChI is InChI=1S/4C7H9N.Cu/c4*8-6-7-4-2-1-3-5-7;/h4*1-5H,6,8H2;/q;;;;+2. The molecule has 8 N–H and O–H groups in total. The normalized spacial score (nSPS) is 8.85. The Kier molecular flexibility index (Phi) is 19.3. The minimum Gasteiger partial charge on any atom is -0.326 e. The number of rotatable bonds is 4. The zero-order chi connectivity index (χ0) is 23.3. The van der Waals surface area contributed by atoms with Crippen molar-refractivity contribution in [2.75, 3.05) is 0 Å². The van der Waals surface area contributed by atoms with Crippen molar-refractivity contribution in [2.24, 2.45) is 22.9 Å². The van der Waals surface area contributed by atoms with Crippen LogP contribution in [0.5, 0.6) is 0 Å². The Morgan fingerprint density at radius 3 is 0.545 bits per heavy atom. The van der Waals surface area contributed by atoms with Gasteiger partial charge in [0.05, 0.1) is 0 Å². The second-order valence-corrected chi connectivity index (χ2v) is 6.76. The maximum Gasteiger partial charge on any atom is 2.00 e. The van der Waals surface area contributed by atoms with Gasteiger partial charge in [-0.25, -0.2) is 0 Å². The predicted molar refractivity (Wildman–Crippen MR) is 137 cm³/mol. The summed E-state index contributed by atoms with van der Waals surface area (Å²) in [4.78, 5) is 0. The topological polar surface area (TPSA) is 104 Å². The molecule has 0 spiro atoms. The predicted octanol–water partition coefficient (Wildman–Crippen LogP) is 4.58. The van der Waals surface area contributed by atoms with Gasteiger partial charge in [-0.15, -0.1) is 0 Å². The quantitative estimate of drug-likeness (QED) is 0.313. The van der Waals surface area contributed by atoms with Crippen LogP contribution >= 0.6 is 0 Å². The molecule has 0 atom stereocenters. The van der Waals surface area contributed by atoms with Gasteiger partial charge in [0.15, 0.2) is 0 Å². The van der Waals surface area contributed by atoms with Gasteiger partial charge in [0.2, 0.25) is 0 Å². The molecule has 0 fully saturated rings. The summed E-state index contributed by atoms with van der Waals surface area (Å²) in [6.07, 6.45) is 0. The molecule has 5 heteroatoms. The molecule has 0 amide bonds. The van der Waals surface area contributed by atoms with Crippen LogP contribution in [-0.2, 0) is 43.2 Å². The molecule has 0 bridgehead atoms. The summed E-state index contributed by atoms with van der Waals surface area (Å²) in [7, 11) is 0. The molecule has 0 heterocycles. The average Bonchev–Trinajstić information content (AvgIpc) is 2.91. The van der Waals surface area contributed by atoms with Gasteiger partial charge < -0.3 is 22.9 Å². The van der Waals surface area contributed by atoms with E-state index in [-0.39, 0.29) is 17.1 Å². The Morgan fingerprint density at radius 2 is 0.455 bits per heavy atom. The summed E-state index contributed by atoms with van der Waals surface area (Å²) in [5.41, 5.74) is 26.1. The molecule has 4 rings (SSSR count). The van der Waals surface area contributed by atoms with Crippen LogP contribution in [-0.4, -0.2) is 0 Å². The fraction of sp³-hybridized carbons (Fsp3) is 0.143. The summed E-state index contributed by atoms with van der Waals surface area (Å²) in [5.74, 6) is 0. The first-order chi connectivity index (χ1) is 15.7. The van der Waals surface area contributed by atoms with E-state index >= 15 is 0 Å². The molecule has 4 nitrogen and oxygen atoms in total. The first-order valence-electron chi connectivity index (χ1n) is 10.7. The summed E-state index contributed by atoms with van der Waals surface area (Å²) >= 11 is 0. The zero-order valence-corrected chi connectivity index (χ0v) is 19.9. The van der Waals surface area contributed by atoms with Gasteiger partial charge in [0.25, 0.3) is 0 Å². The Balaban J connectivity index is 0.000000410. The van der Waals surface area contributed by atoms with E-state index in [1.54, 1.807) is 0 Å². The van der Waals surface area contributed by atoms with E-state index in [0.29, 0.717) is 26.2 Å². The minimum atomic E-state index is 0. The molecule has 0 unspecified atom stereocenters. The van der Waals surface area contributed by atoms with E-state index in [9.17, 15) is 0 Å². The van der Waals surface area contributed by atoms with E-state index in [4.69, 9.17) is 22.9 Å². The van der Waals surface area contributed by atoms with E-state index in [1.807, 2.05) is 121 Å². The molecule has 0 saturated heterocycles. The molecule has 177 valence electrons. The van der Waals surface area contributed by atoms with Gasteiger partial charge in [-0.05, 0) is 22.3 Å². The maximum absolute atomic E-state index is 5.35. The van der Waals surface area contributed by atoms with Crippen molar-refractivity contribution in [3.63, 3.8) is 0 Å². The van der Waals surface area contributed by atoms with Crippen molar-refractivity contribution in [3.8, 4) is 0 Å². The number of nitrogens with two attached hydrogens (primary N) is 4. The first kappa shape index (κ1) is 30.2. The van der Waals surface area contributed by atoms with Crippen LogP contribution in [0.25, 0.3) is 0 Å². The second kappa shape index (κ2) is 21.1. The van der Waals surface area contributed by atoms with Gasteiger partial charge >= 0.3 is 17.1 Å². The van der Waals surface area contributed by atoms with Crippen molar-refractivity contribution in [1.29, 1.82) is 0 Å². The number of hydrogen-bond acceptors (Lipinski definition) is 4. The van der Waals surface area contributed by atoms with Gasteiger partial charge in [-0.3, -0.25) is 0 Å². The first-order valence-corrected chi connectivity index (χ1v) is 10.7. The Bertz CT molecular complexity index is 747. The molecular formula is C28H36CuN4+2.